The molecule has 0 bridgehead atoms. The van der Waals surface area contributed by atoms with Crippen LogP contribution in [0.5, 0.6) is 5.75 Å². The van der Waals surface area contributed by atoms with Gasteiger partial charge in [-0.3, -0.25) is 9.69 Å². The minimum Gasteiger partial charge on any atom is -0.496 e. The highest BCUT2D eigenvalue weighted by atomic mass is 79.9. The second kappa shape index (κ2) is 5.92. The Balaban J connectivity index is 2.28. The normalized spacial score (nSPS) is 16.5. The molecule has 1 aliphatic heterocycles. The molecule has 1 saturated heterocycles. The molecule has 0 radical (unpaired) electrons. The summed E-state index contributed by atoms with van der Waals surface area (Å²) in [6.07, 6.45) is 3.12. The summed E-state index contributed by atoms with van der Waals surface area (Å²) in [7, 11) is 1.58. The van der Waals surface area contributed by atoms with Gasteiger partial charge in [0, 0.05) is 6.54 Å². The van der Waals surface area contributed by atoms with E-state index in [-0.39, 0.29) is 18.1 Å². The van der Waals surface area contributed by atoms with Crippen LogP contribution >= 0.6 is 15.9 Å². The standard InChI is InChI=1S/C14H13BrN2O3/c1-3-6-17-13(18)11(16-14(17)19)8-9-4-5-12(20-2)10(15)7-9/h3-5,7-8H,1,6H2,2H3,(H,16,19). The molecule has 0 aliphatic carbocycles. The number of hydrogen-bond acceptors (Lipinski definition) is 3. The molecule has 1 aliphatic rings. The Hall–Kier alpha value is -2.08. The van der Waals surface area contributed by atoms with E-state index in [0.717, 1.165) is 14.9 Å². The molecule has 1 aromatic carbocycles. The second-order valence-corrected chi connectivity index (χ2v) is 4.94. The molecule has 2 rings (SSSR count). The molecule has 20 heavy (non-hydrogen) atoms. The molecule has 0 aromatic heterocycles. The predicted octanol–water partition coefficient (Wildman–Crippen LogP) is 2.54. The number of methoxy groups -OCH3 is 1. The van der Waals surface area contributed by atoms with Crippen molar-refractivity contribution >= 4 is 33.9 Å². The molecular weight excluding hydrogens is 324 g/mol. The van der Waals surface area contributed by atoms with Gasteiger partial charge < -0.3 is 10.1 Å². The molecular formula is C14H13BrN2O3. The quantitative estimate of drug-likeness (QED) is 0.522. The van der Waals surface area contributed by atoms with Gasteiger partial charge in [0.15, 0.2) is 0 Å². The van der Waals surface area contributed by atoms with Gasteiger partial charge in [-0.05, 0) is 39.7 Å². The fourth-order valence-corrected chi connectivity index (χ4v) is 2.36. The van der Waals surface area contributed by atoms with Gasteiger partial charge in [-0.2, -0.15) is 0 Å². The largest absolute Gasteiger partial charge is 0.496 e. The molecule has 3 amide bonds. The van der Waals surface area contributed by atoms with Crippen molar-refractivity contribution in [3.8, 4) is 5.75 Å². The van der Waals surface area contributed by atoms with Crippen LogP contribution in [0.25, 0.3) is 6.08 Å². The van der Waals surface area contributed by atoms with Gasteiger partial charge in [-0.15, -0.1) is 6.58 Å². The first-order chi connectivity index (χ1) is 9.56. The number of hydrogen-bond donors (Lipinski definition) is 1. The smallest absolute Gasteiger partial charge is 0.329 e. The number of halogens is 1. The highest BCUT2D eigenvalue weighted by Gasteiger charge is 2.32. The van der Waals surface area contributed by atoms with Gasteiger partial charge in [-0.25, -0.2) is 4.79 Å². The predicted molar refractivity (Wildman–Crippen MR) is 79.1 cm³/mol. The van der Waals surface area contributed by atoms with Crippen molar-refractivity contribution in [1.82, 2.24) is 10.2 Å². The number of nitrogens with zero attached hydrogens (tertiary/aromatic N) is 1. The number of carbonyl (C=O) groups is 2. The maximum atomic E-state index is 12.0. The highest BCUT2D eigenvalue weighted by molar-refractivity contribution is 9.10. The average molecular weight is 337 g/mol. The monoisotopic (exact) mass is 336 g/mol. The lowest BCUT2D eigenvalue weighted by Crippen LogP contribution is -2.30. The summed E-state index contributed by atoms with van der Waals surface area (Å²) in [6, 6.07) is 4.95. The molecule has 104 valence electrons. The van der Waals surface area contributed by atoms with Crippen LogP contribution in [0.1, 0.15) is 5.56 Å². The van der Waals surface area contributed by atoms with Crippen molar-refractivity contribution in [1.29, 1.82) is 0 Å². The van der Waals surface area contributed by atoms with Crippen LogP contribution in [0.4, 0.5) is 4.79 Å². The fourth-order valence-electron chi connectivity index (χ4n) is 1.81. The Morgan fingerprint density at radius 2 is 2.20 bits per heavy atom. The van der Waals surface area contributed by atoms with E-state index < -0.39 is 6.03 Å². The van der Waals surface area contributed by atoms with E-state index in [2.05, 4.69) is 27.8 Å². The van der Waals surface area contributed by atoms with Crippen LogP contribution in [0.2, 0.25) is 0 Å². The number of benzene rings is 1. The van der Waals surface area contributed by atoms with Crippen molar-refractivity contribution in [2.45, 2.75) is 0 Å². The first-order valence-corrected chi connectivity index (χ1v) is 6.65. The zero-order valence-corrected chi connectivity index (χ0v) is 12.4. The van der Waals surface area contributed by atoms with Gasteiger partial charge in [0.2, 0.25) is 0 Å². The number of rotatable bonds is 4. The maximum absolute atomic E-state index is 12.0. The van der Waals surface area contributed by atoms with Gasteiger partial charge >= 0.3 is 6.03 Å². The number of nitrogens with one attached hydrogen (secondary N) is 1. The lowest BCUT2D eigenvalue weighted by Gasteiger charge is -2.07. The molecule has 1 N–H and O–H groups in total. The Bertz CT molecular complexity index is 610. The third-order valence-corrected chi connectivity index (χ3v) is 3.38. The number of carbonyl (C=O) groups excluding carboxylic acids is 2. The SMILES string of the molecule is C=CCN1C(=O)NC(=Cc2ccc(OC)c(Br)c2)C1=O. The van der Waals surface area contributed by atoms with Gasteiger partial charge in [0.1, 0.15) is 11.4 Å². The highest BCUT2D eigenvalue weighted by Crippen LogP contribution is 2.26. The lowest BCUT2D eigenvalue weighted by atomic mass is 10.2. The molecule has 0 saturated carbocycles. The molecule has 6 heteroatoms. The minimum absolute atomic E-state index is 0.189. The summed E-state index contributed by atoms with van der Waals surface area (Å²) < 4.78 is 5.91. The number of urea groups is 1. The van der Waals surface area contributed by atoms with Crippen LogP contribution in [0, 0.1) is 0 Å². The first-order valence-electron chi connectivity index (χ1n) is 5.85. The van der Waals surface area contributed by atoms with Crippen molar-refractivity contribution in [3.05, 3.63) is 46.6 Å². The average Bonchev–Trinajstić information content (AvgIpc) is 2.67. The summed E-state index contributed by atoms with van der Waals surface area (Å²) in [6.45, 7) is 3.71. The van der Waals surface area contributed by atoms with Crippen LogP contribution < -0.4 is 10.1 Å². The van der Waals surface area contributed by atoms with Crippen LogP contribution in [0.3, 0.4) is 0 Å². The molecule has 0 unspecified atom stereocenters. The molecule has 1 aromatic rings. The van der Waals surface area contributed by atoms with E-state index in [9.17, 15) is 9.59 Å². The number of imide groups is 1. The topological polar surface area (TPSA) is 58.6 Å². The van der Waals surface area contributed by atoms with Crippen molar-refractivity contribution in [2.24, 2.45) is 0 Å². The van der Waals surface area contributed by atoms with Crippen molar-refractivity contribution < 1.29 is 14.3 Å². The Morgan fingerprint density at radius 3 is 2.80 bits per heavy atom. The van der Waals surface area contributed by atoms with Gasteiger partial charge in [0.25, 0.3) is 5.91 Å². The van der Waals surface area contributed by atoms with E-state index in [0.29, 0.717) is 5.75 Å². The third-order valence-electron chi connectivity index (χ3n) is 2.76. The summed E-state index contributed by atoms with van der Waals surface area (Å²) in [4.78, 5) is 24.7. The van der Waals surface area contributed by atoms with Crippen LogP contribution in [0.15, 0.2) is 41.0 Å². The van der Waals surface area contributed by atoms with E-state index in [1.54, 1.807) is 31.4 Å². The molecule has 1 heterocycles. The number of amides is 3. The first kappa shape index (κ1) is 14.3. The summed E-state index contributed by atoms with van der Waals surface area (Å²) >= 11 is 3.37. The fraction of sp³-hybridized carbons (Fsp3) is 0.143. The summed E-state index contributed by atoms with van der Waals surface area (Å²) in [5.41, 5.74) is 1.02. The second-order valence-electron chi connectivity index (χ2n) is 4.09. The van der Waals surface area contributed by atoms with Crippen LogP contribution in [-0.2, 0) is 4.79 Å². The summed E-state index contributed by atoms with van der Waals surface area (Å²) in [5, 5.41) is 2.54. The third kappa shape index (κ3) is 2.75. The van der Waals surface area contributed by atoms with E-state index in [1.165, 1.54) is 6.08 Å². The van der Waals surface area contributed by atoms with E-state index in [4.69, 9.17) is 4.74 Å². The van der Waals surface area contributed by atoms with E-state index >= 15 is 0 Å². The zero-order chi connectivity index (χ0) is 14.7. The Labute approximate surface area is 125 Å². The Kier molecular flexibility index (Phi) is 4.24. The summed E-state index contributed by atoms with van der Waals surface area (Å²) in [5.74, 6) is 0.337. The molecule has 0 atom stereocenters. The molecule has 0 spiro atoms. The maximum Gasteiger partial charge on any atom is 0.329 e. The Morgan fingerprint density at radius 1 is 1.45 bits per heavy atom. The lowest BCUT2D eigenvalue weighted by molar-refractivity contribution is -0.122. The van der Waals surface area contributed by atoms with Gasteiger partial charge in [0.05, 0.1) is 11.6 Å². The zero-order valence-electron chi connectivity index (χ0n) is 10.9. The minimum atomic E-state index is -0.436. The van der Waals surface area contributed by atoms with E-state index in [1.807, 2.05) is 0 Å². The van der Waals surface area contributed by atoms with Crippen molar-refractivity contribution in [2.75, 3.05) is 13.7 Å². The van der Waals surface area contributed by atoms with Crippen LogP contribution in [-0.4, -0.2) is 30.5 Å². The van der Waals surface area contributed by atoms with Crippen molar-refractivity contribution in [3.63, 3.8) is 0 Å². The molecule has 5 nitrogen and oxygen atoms in total. The van der Waals surface area contributed by atoms with Gasteiger partial charge in [-0.1, -0.05) is 12.1 Å². The molecule has 1 fully saturated rings. The number of ether oxygens (including phenoxy) is 1.